The fraction of sp³-hybridized carbons (Fsp3) is 0.167. The van der Waals surface area contributed by atoms with Crippen LogP contribution in [0.3, 0.4) is 0 Å². The lowest BCUT2D eigenvalue weighted by Gasteiger charge is -2.15. The van der Waals surface area contributed by atoms with Gasteiger partial charge >= 0.3 is 21.6 Å². The van der Waals surface area contributed by atoms with Crippen LogP contribution in [0.4, 0.5) is 17.6 Å². The van der Waals surface area contributed by atoms with Crippen molar-refractivity contribution in [3.8, 4) is 44.9 Å². The van der Waals surface area contributed by atoms with Gasteiger partial charge in [0.15, 0.2) is 11.6 Å². The maximum absolute atomic E-state index is 14.6. The molecule has 11 heteroatoms. The van der Waals surface area contributed by atoms with Gasteiger partial charge in [-0.25, -0.2) is 9.18 Å². The molecule has 0 atom stereocenters. The lowest BCUT2D eigenvalue weighted by molar-refractivity contribution is -0.0500. The van der Waals surface area contributed by atoms with E-state index in [9.17, 15) is 30.8 Å². The fourth-order valence-electron chi connectivity index (χ4n) is 4.10. The van der Waals surface area contributed by atoms with E-state index in [-0.39, 0.29) is 17.9 Å². The highest BCUT2D eigenvalue weighted by Gasteiger charge is 2.48. The number of aryl methyl sites for hydroxylation is 1. The molecule has 4 rings (SSSR count). The maximum Gasteiger partial charge on any atom is 0.534 e. The summed E-state index contributed by atoms with van der Waals surface area (Å²) in [6, 6.07) is 20.9. The molecule has 0 unspecified atom stereocenters. The minimum atomic E-state index is -6.04. The summed E-state index contributed by atoms with van der Waals surface area (Å²) in [4.78, 5) is 12.9. The first-order chi connectivity index (χ1) is 19.3. The first-order valence-electron chi connectivity index (χ1n) is 12.2. The van der Waals surface area contributed by atoms with E-state index in [0.29, 0.717) is 22.3 Å². The Kier molecular flexibility index (Phi) is 8.39. The Balaban J connectivity index is 1.74. The summed E-state index contributed by atoms with van der Waals surface area (Å²) in [6.07, 6.45) is 0. The maximum atomic E-state index is 14.6. The molecular weight excluding hydrogens is 564 g/mol. The second kappa shape index (κ2) is 11.6. The normalized spacial score (nSPS) is 11.7. The van der Waals surface area contributed by atoms with Crippen LogP contribution in [0.25, 0.3) is 33.4 Å². The summed E-state index contributed by atoms with van der Waals surface area (Å²) in [5, 5.41) is 0. The number of alkyl halides is 3. The average molecular weight is 589 g/mol. The molecule has 214 valence electrons. The number of carbonyl (C=O) groups is 1. The van der Waals surface area contributed by atoms with Gasteiger partial charge in [-0.1, -0.05) is 60.2 Å². The second-order valence-electron chi connectivity index (χ2n) is 8.89. The standard InChI is InChI=1S/C30H24F4O6S/c1-4-39-29(35)25-15-20(19-7-5-18(2)6-8-19)9-12-23(25)22-10-13-24(28(17-22)38-3)21-11-14-27(26(31)16-21)40-41(36,37)30(32,33)34/h5-17H,4H2,1-3H3. The van der Waals surface area contributed by atoms with Crippen molar-refractivity contribution in [3.63, 3.8) is 0 Å². The van der Waals surface area contributed by atoms with Crippen LogP contribution in [-0.4, -0.2) is 33.6 Å². The van der Waals surface area contributed by atoms with E-state index in [2.05, 4.69) is 4.18 Å². The minimum absolute atomic E-state index is 0.171. The molecule has 0 radical (unpaired) electrons. The number of halogens is 4. The van der Waals surface area contributed by atoms with Crippen molar-refractivity contribution < 1.29 is 44.4 Å². The predicted octanol–water partition coefficient (Wildman–Crippen LogP) is 7.55. The van der Waals surface area contributed by atoms with Gasteiger partial charge in [0, 0.05) is 5.56 Å². The van der Waals surface area contributed by atoms with Crippen molar-refractivity contribution in [1.29, 1.82) is 0 Å². The van der Waals surface area contributed by atoms with Crippen molar-refractivity contribution in [3.05, 3.63) is 95.8 Å². The van der Waals surface area contributed by atoms with E-state index in [1.54, 1.807) is 37.3 Å². The number of carbonyl (C=O) groups excluding carboxylic acids is 1. The smallest absolute Gasteiger partial charge is 0.496 e. The van der Waals surface area contributed by atoms with Crippen LogP contribution < -0.4 is 8.92 Å². The number of esters is 1. The molecule has 41 heavy (non-hydrogen) atoms. The predicted molar refractivity (Wildman–Crippen MR) is 146 cm³/mol. The van der Waals surface area contributed by atoms with Crippen molar-refractivity contribution >= 4 is 16.1 Å². The van der Waals surface area contributed by atoms with Crippen LogP contribution in [0.1, 0.15) is 22.8 Å². The zero-order chi connectivity index (χ0) is 29.9. The molecule has 0 fully saturated rings. The van der Waals surface area contributed by atoms with Crippen molar-refractivity contribution in [2.24, 2.45) is 0 Å². The van der Waals surface area contributed by atoms with Crippen LogP contribution in [0, 0.1) is 12.7 Å². The minimum Gasteiger partial charge on any atom is -0.496 e. The molecule has 0 spiro atoms. The van der Waals surface area contributed by atoms with Crippen LogP contribution in [0.15, 0.2) is 78.9 Å². The highest BCUT2D eigenvalue weighted by Crippen LogP contribution is 2.38. The first kappa shape index (κ1) is 29.6. The summed E-state index contributed by atoms with van der Waals surface area (Å²) < 4.78 is 89.7. The highest BCUT2D eigenvalue weighted by atomic mass is 32.2. The van der Waals surface area contributed by atoms with Gasteiger partial charge in [0.1, 0.15) is 5.75 Å². The lowest BCUT2D eigenvalue weighted by atomic mass is 9.93. The number of benzene rings is 4. The Labute approximate surface area is 234 Å². The third-order valence-corrected chi connectivity index (χ3v) is 7.10. The number of ether oxygens (including phenoxy) is 2. The molecular formula is C30H24F4O6S. The molecule has 0 aromatic heterocycles. The van der Waals surface area contributed by atoms with Crippen molar-refractivity contribution in [2.45, 2.75) is 19.4 Å². The van der Waals surface area contributed by atoms with Crippen LogP contribution in [0.2, 0.25) is 0 Å². The van der Waals surface area contributed by atoms with Gasteiger partial charge in [-0.05, 0) is 65.9 Å². The Bertz CT molecular complexity index is 1700. The molecule has 0 bridgehead atoms. The summed E-state index contributed by atoms with van der Waals surface area (Å²) in [7, 11) is -4.67. The Morgan fingerprint density at radius 1 is 0.780 bits per heavy atom. The summed E-state index contributed by atoms with van der Waals surface area (Å²) in [5.41, 5.74) is -0.897. The van der Waals surface area contributed by atoms with Gasteiger partial charge in [0.25, 0.3) is 0 Å². The number of methoxy groups -OCH3 is 1. The van der Waals surface area contributed by atoms with Crippen LogP contribution in [-0.2, 0) is 14.9 Å². The molecule has 0 aliphatic rings. The molecule has 4 aromatic rings. The quantitative estimate of drug-likeness (QED) is 0.0916. The molecule has 0 amide bonds. The molecule has 4 aromatic carbocycles. The van der Waals surface area contributed by atoms with Gasteiger partial charge in [0.05, 0.1) is 19.3 Å². The van der Waals surface area contributed by atoms with Gasteiger partial charge < -0.3 is 13.7 Å². The number of hydrogen-bond acceptors (Lipinski definition) is 6. The first-order valence-corrected chi connectivity index (χ1v) is 13.6. The Morgan fingerprint density at radius 3 is 1.98 bits per heavy atom. The third-order valence-electron chi connectivity index (χ3n) is 6.14. The topological polar surface area (TPSA) is 78.9 Å². The Morgan fingerprint density at radius 2 is 1.37 bits per heavy atom. The Hall–Kier alpha value is -4.38. The summed E-state index contributed by atoms with van der Waals surface area (Å²) in [6.45, 7) is 3.85. The molecule has 0 saturated heterocycles. The zero-order valence-corrected chi connectivity index (χ0v) is 22.9. The summed E-state index contributed by atoms with van der Waals surface area (Å²) >= 11 is 0. The van der Waals surface area contributed by atoms with Gasteiger partial charge in [-0.15, -0.1) is 0 Å². The lowest BCUT2D eigenvalue weighted by Crippen LogP contribution is -2.28. The highest BCUT2D eigenvalue weighted by molar-refractivity contribution is 7.88. The van der Waals surface area contributed by atoms with Crippen LogP contribution >= 0.6 is 0 Å². The SMILES string of the molecule is CCOC(=O)c1cc(-c2ccc(C)cc2)ccc1-c1ccc(-c2ccc(OS(=O)(=O)C(F)(F)F)c(F)c2)c(OC)c1. The van der Waals surface area contributed by atoms with Gasteiger partial charge in [-0.2, -0.15) is 21.6 Å². The molecule has 0 aliphatic carbocycles. The number of rotatable bonds is 8. The summed E-state index contributed by atoms with van der Waals surface area (Å²) in [5.74, 6) is -2.69. The van der Waals surface area contributed by atoms with E-state index >= 15 is 0 Å². The zero-order valence-electron chi connectivity index (χ0n) is 22.1. The fourth-order valence-corrected chi connectivity index (χ4v) is 4.56. The van der Waals surface area contributed by atoms with Crippen molar-refractivity contribution in [2.75, 3.05) is 13.7 Å². The monoisotopic (exact) mass is 588 g/mol. The average Bonchev–Trinajstić information content (AvgIpc) is 2.93. The van der Waals surface area contributed by atoms with E-state index < -0.39 is 33.2 Å². The van der Waals surface area contributed by atoms with E-state index in [1.165, 1.54) is 13.2 Å². The third kappa shape index (κ3) is 6.35. The van der Waals surface area contributed by atoms with Crippen LogP contribution in [0.5, 0.6) is 11.5 Å². The van der Waals surface area contributed by atoms with Gasteiger partial charge in [-0.3, -0.25) is 0 Å². The number of hydrogen-bond donors (Lipinski definition) is 0. The van der Waals surface area contributed by atoms with Crippen molar-refractivity contribution in [1.82, 2.24) is 0 Å². The largest absolute Gasteiger partial charge is 0.534 e. The molecule has 0 saturated carbocycles. The van der Waals surface area contributed by atoms with Gasteiger partial charge in [0.2, 0.25) is 0 Å². The molecule has 6 nitrogen and oxygen atoms in total. The molecule has 0 aliphatic heterocycles. The van der Waals surface area contributed by atoms with E-state index in [0.717, 1.165) is 28.8 Å². The molecule has 0 heterocycles. The van der Waals surface area contributed by atoms with E-state index in [1.807, 2.05) is 37.3 Å². The second-order valence-corrected chi connectivity index (χ2v) is 10.4. The molecule has 0 N–H and O–H groups in total. The van der Waals surface area contributed by atoms with E-state index in [4.69, 9.17) is 9.47 Å².